The second kappa shape index (κ2) is 15.7. The first-order valence-corrected chi connectivity index (χ1v) is 18.0. The highest BCUT2D eigenvalue weighted by atomic mass is 16.6. The summed E-state index contributed by atoms with van der Waals surface area (Å²) >= 11 is 0. The number of para-hydroxylation sites is 2. The number of ether oxygens (including phenoxy) is 3. The molecule has 0 radical (unpaired) electrons. The zero-order valence-electron chi connectivity index (χ0n) is 29.2. The molecular formula is C41H46N6O4. The largest absolute Gasteiger partial charge is 0.484 e. The van der Waals surface area contributed by atoms with Crippen LogP contribution in [0.4, 0.5) is 5.69 Å². The van der Waals surface area contributed by atoms with Crippen LogP contribution < -0.4 is 20.1 Å². The van der Waals surface area contributed by atoms with Crippen LogP contribution in [0.1, 0.15) is 53.5 Å². The van der Waals surface area contributed by atoms with Gasteiger partial charge < -0.3 is 29.4 Å². The van der Waals surface area contributed by atoms with E-state index in [4.69, 9.17) is 30.3 Å². The molecule has 2 aliphatic heterocycles. The van der Waals surface area contributed by atoms with Gasteiger partial charge in [0.1, 0.15) is 18.3 Å². The van der Waals surface area contributed by atoms with Gasteiger partial charge in [-0.25, -0.2) is 4.98 Å². The molecule has 0 spiro atoms. The minimum atomic E-state index is -0.516. The smallest absolute Gasteiger partial charge is 0.257 e. The van der Waals surface area contributed by atoms with Crippen molar-refractivity contribution < 1.29 is 19.0 Å². The van der Waals surface area contributed by atoms with Crippen LogP contribution in [0.3, 0.4) is 0 Å². The fraction of sp³-hybridized carbons (Fsp3) is 0.341. The summed E-state index contributed by atoms with van der Waals surface area (Å²) in [6.45, 7) is 6.17. The Labute approximate surface area is 299 Å². The molecule has 0 saturated carbocycles. The number of hydrogen-bond acceptors (Lipinski definition) is 7. The average molecular weight is 687 g/mol. The minimum absolute atomic E-state index is 0.00258. The van der Waals surface area contributed by atoms with Crippen molar-refractivity contribution in [1.82, 2.24) is 14.5 Å². The summed E-state index contributed by atoms with van der Waals surface area (Å²) in [5.74, 6) is 2.46. The standard InChI is InChI=1S/C41H46N6O4/c1-2-49-26-8-23-46-35-19-18-33(27-34(35)44-38(46)20-15-29-13-16-30(17-14-29)40(42)43)45-24-21-32(22-25-45)47(41(48)31-9-4-3-5-10-31)39-28-50-36-11-6-7-12-37(36)51-39/h3-7,9-14,16-19,27,32,39H,2,8,15,20-26,28H2,1H3,(H3,42,43). The third-order valence-electron chi connectivity index (χ3n) is 9.87. The van der Waals surface area contributed by atoms with Crippen molar-refractivity contribution >= 4 is 28.5 Å². The van der Waals surface area contributed by atoms with Crippen LogP contribution in [0.2, 0.25) is 0 Å². The number of benzene rings is 4. The van der Waals surface area contributed by atoms with Crippen molar-refractivity contribution in [2.45, 2.75) is 57.8 Å². The van der Waals surface area contributed by atoms with E-state index in [-0.39, 0.29) is 24.4 Å². The SMILES string of the molecule is CCOCCCn1c(CCc2ccc(C(=N)N)cc2)nc2cc(N3CCC(N(C(=O)c4ccccc4)C4COc5ccccc5O4)CC3)ccc21. The maximum atomic E-state index is 14.0. The molecule has 2 aliphatic rings. The first kappa shape index (κ1) is 34.1. The van der Waals surface area contributed by atoms with Crippen LogP contribution >= 0.6 is 0 Å². The minimum Gasteiger partial charge on any atom is -0.484 e. The molecule has 10 nitrogen and oxygen atoms in total. The Morgan fingerprint density at radius 1 is 0.941 bits per heavy atom. The van der Waals surface area contributed by atoms with Crippen LogP contribution in [0.25, 0.3) is 11.0 Å². The van der Waals surface area contributed by atoms with Crippen molar-refractivity contribution in [1.29, 1.82) is 5.41 Å². The van der Waals surface area contributed by atoms with Gasteiger partial charge in [0.25, 0.3) is 5.91 Å². The van der Waals surface area contributed by atoms with E-state index in [2.05, 4.69) is 27.7 Å². The zero-order valence-corrected chi connectivity index (χ0v) is 29.2. The highest BCUT2D eigenvalue weighted by molar-refractivity contribution is 5.95. The number of rotatable bonds is 13. The number of hydrogen-bond donors (Lipinski definition) is 2. The number of amides is 1. The molecular weight excluding hydrogens is 640 g/mol. The first-order chi connectivity index (χ1) is 25.0. The summed E-state index contributed by atoms with van der Waals surface area (Å²) < 4.78 is 20.5. The van der Waals surface area contributed by atoms with Gasteiger partial charge in [-0.3, -0.25) is 15.1 Å². The lowest BCUT2D eigenvalue weighted by molar-refractivity contribution is -0.0397. The number of nitrogens with zero attached hydrogens (tertiary/aromatic N) is 4. The Kier molecular flexibility index (Phi) is 10.5. The molecule has 1 unspecified atom stereocenters. The van der Waals surface area contributed by atoms with E-state index in [1.165, 1.54) is 5.56 Å². The van der Waals surface area contributed by atoms with E-state index in [1.54, 1.807) is 0 Å². The molecule has 51 heavy (non-hydrogen) atoms. The number of anilines is 1. The monoisotopic (exact) mass is 686 g/mol. The van der Waals surface area contributed by atoms with Crippen LogP contribution in [0.5, 0.6) is 11.5 Å². The topological polar surface area (TPSA) is 119 Å². The number of amidine groups is 1. The van der Waals surface area contributed by atoms with Gasteiger partial charge in [-0.2, -0.15) is 0 Å². The van der Waals surface area contributed by atoms with Crippen molar-refractivity contribution in [2.75, 3.05) is 37.8 Å². The molecule has 1 fully saturated rings. The van der Waals surface area contributed by atoms with E-state index in [0.29, 0.717) is 30.3 Å². The second-order valence-electron chi connectivity index (χ2n) is 13.1. The molecule has 7 rings (SSSR count). The summed E-state index contributed by atoms with van der Waals surface area (Å²) in [4.78, 5) is 23.5. The van der Waals surface area contributed by atoms with Gasteiger partial charge in [-0.15, -0.1) is 0 Å². The van der Waals surface area contributed by atoms with Gasteiger partial charge in [0, 0.05) is 62.1 Å². The van der Waals surface area contributed by atoms with E-state index < -0.39 is 6.23 Å². The number of fused-ring (bicyclic) bond motifs is 2. The summed E-state index contributed by atoms with van der Waals surface area (Å²) in [6.07, 6.45) is 3.64. The number of nitrogens with one attached hydrogen (secondary N) is 1. The summed E-state index contributed by atoms with van der Waals surface area (Å²) in [5, 5.41) is 7.69. The van der Waals surface area contributed by atoms with Gasteiger partial charge in [0.05, 0.1) is 11.0 Å². The maximum absolute atomic E-state index is 14.0. The lowest BCUT2D eigenvalue weighted by atomic mass is 10.0. The number of carbonyl (C=O) groups excluding carboxylic acids is 1. The number of imidazole rings is 1. The number of piperidine rings is 1. The van der Waals surface area contributed by atoms with Gasteiger partial charge in [0.15, 0.2) is 11.5 Å². The van der Waals surface area contributed by atoms with Gasteiger partial charge >= 0.3 is 0 Å². The Morgan fingerprint density at radius 2 is 1.69 bits per heavy atom. The van der Waals surface area contributed by atoms with Crippen molar-refractivity contribution in [3.8, 4) is 11.5 Å². The van der Waals surface area contributed by atoms with Gasteiger partial charge in [0.2, 0.25) is 6.23 Å². The van der Waals surface area contributed by atoms with E-state index in [0.717, 1.165) is 79.8 Å². The van der Waals surface area contributed by atoms with Gasteiger partial charge in [-0.05, 0) is 80.6 Å². The van der Waals surface area contributed by atoms with Crippen LogP contribution in [-0.2, 0) is 24.1 Å². The molecule has 264 valence electrons. The molecule has 1 atom stereocenters. The van der Waals surface area contributed by atoms with Crippen molar-refractivity contribution in [3.05, 3.63) is 120 Å². The number of nitrogen functional groups attached to an aromatic ring is 1. The highest BCUT2D eigenvalue weighted by Crippen LogP contribution is 2.34. The van der Waals surface area contributed by atoms with Crippen molar-refractivity contribution in [2.24, 2.45) is 5.73 Å². The van der Waals surface area contributed by atoms with Crippen molar-refractivity contribution in [3.63, 3.8) is 0 Å². The molecule has 4 aromatic carbocycles. The summed E-state index contributed by atoms with van der Waals surface area (Å²) in [7, 11) is 0. The number of aryl methyl sites for hydroxylation is 3. The molecule has 0 bridgehead atoms. The normalized spacial score (nSPS) is 15.9. The van der Waals surface area contributed by atoms with E-state index in [9.17, 15) is 4.79 Å². The molecule has 0 aliphatic carbocycles. The predicted octanol–water partition coefficient (Wildman–Crippen LogP) is 6.44. The fourth-order valence-electron chi connectivity index (χ4n) is 7.19. The summed E-state index contributed by atoms with van der Waals surface area (Å²) in [5.41, 5.74) is 11.5. The number of aromatic nitrogens is 2. The van der Waals surface area contributed by atoms with Gasteiger partial charge in [-0.1, -0.05) is 54.6 Å². The lowest BCUT2D eigenvalue weighted by Gasteiger charge is -2.43. The fourth-order valence-corrected chi connectivity index (χ4v) is 7.19. The first-order valence-electron chi connectivity index (χ1n) is 18.0. The molecule has 3 heterocycles. The molecule has 1 amide bonds. The van der Waals surface area contributed by atoms with Crippen LogP contribution in [-0.4, -0.2) is 71.4 Å². The molecule has 1 saturated heterocycles. The number of nitrogens with two attached hydrogens (primary N) is 1. The molecule has 10 heteroatoms. The van der Waals surface area contributed by atoms with Crippen LogP contribution in [0, 0.1) is 5.41 Å². The number of carbonyl (C=O) groups is 1. The Bertz CT molecular complexity index is 1950. The van der Waals surface area contributed by atoms with E-state index >= 15 is 0 Å². The Balaban J connectivity index is 1.08. The lowest BCUT2D eigenvalue weighted by Crippen LogP contribution is -2.56. The average Bonchev–Trinajstić information content (AvgIpc) is 3.52. The molecule has 3 N–H and O–H groups in total. The molecule has 5 aromatic rings. The zero-order chi connectivity index (χ0) is 35.2. The maximum Gasteiger partial charge on any atom is 0.257 e. The van der Waals surface area contributed by atoms with E-state index in [1.807, 2.05) is 90.7 Å². The predicted molar refractivity (Wildman–Crippen MR) is 200 cm³/mol. The second-order valence-corrected chi connectivity index (χ2v) is 13.1. The molecule has 1 aromatic heterocycles. The highest BCUT2D eigenvalue weighted by Gasteiger charge is 2.37. The van der Waals surface area contributed by atoms with Crippen LogP contribution in [0.15, 0.2) is 97.1 Å². The Hall–Kier alpha value is -5.35. The third-order valence-corrected chi connectivity index (χ3v) is 9.87. The quantitative estimate of drug-likeness (QED) is 0.0832. The Morgan fingerprint density at radius 3 is 2.43 bits per heavy atom. The third kappa shape index (κ3) is 7.71. The summed E-state index contributed by atoms with van der Waals surface area (Å²) in [6, 6.07) is 31.6.